The number of hydrogen-bond donors (Lipinski definition) is 1. The molecule has 1 aliphatic heterocycles. The van der Waals surface area contributed by atoms with Gasteiger partial charge in [0, 0.05) is 23.2 Å². The summed E-state index contributed by atoms with van der Waals surface area (Å²) in [5.41, 5.74) is 10.3. The van der Waals surface area contributed by atoms with Gasteiger partial charge in [-0.1, -0.05) is 0 Å². The Labute approximate surface area is 141 Å². The Morgan fingerprint density at radius 1 is 1.17 bits per heavy atom. The molecule has 0 saturated carbocycles. The quantitative estimate of drug-likeness (QED) is 0.851. The number of amides is 1. The topological polar surface area (TPSA) is 59.2 Å². The Hall–Kier alpha value is -1.62. The van der Waals surface area contributed by atoms with E-state index in [1.165, 1.54) is 17.8 Å². The van der Waals surface area contributed by atoms with Crippen molar-refractivity contribution in [1.29, 1.82) is 0 Å². The summed E-state index contributed by atoms with van der Waals surface area (Å²) < 4.78 is 0. The maximum atomic E-state index is 13.1. The summed E-state index contributed by atoms with van der Waals surface area (Å²) in [6, 6.07) is 0.543. The minimum Gasteiger partial charge on any atom is -0.397 e. The third-order valence-electron chi connectivity index (χ3n) is 5.30. The van der Waals surface area contributed by atoms with Gasteiger partial charge in [0.1, 0.15) is 9.71 Å². The SMILES string of the molecule is Cc1nc2sc(C(=O)N3C(C)CCCC3C)c(N)c2c(C)c1C. The lowest BCUT2D eigenvalue weighted by Gasteiger charge is -2.38. The number of aromatic nitrogens is 1. The summed E-state index contributed by atoms with van der Waals surface area (Å²) in [4.78, 5) is 21.3. The van der Waals surface area contributed by atoms with Gasteiger partial charge in [-0.15, -0.1) is 11.3 Å². The summed E-state index contributed by atoms with van der Waals surface area (Å²) in [5.74, 6) is 0.0694. The summed E-state index contributed by atoms with van der Waals surface area (Å²) in [6.45, 7) is 10.4. The van der Waals surface area contributed by atoms with E-state index in [1.807, 2.05) is 11.8 Å². The number of pyridine rings is 1. The van der Waals surface area contributed by atoms with Crippen molar-refractivity contribution in [2.24, 2.45) is 0 Å². The number of thiophene rings is 1. The molecular weight excluding hydrogens is 306 g/mol. The molecule has 1 amide bonds. The van der Waals surface area contributed by atoms with Crippen LogP contribution in [0.2, 0.25) is 0 Å². The molecule has 0 aromatic carbocycles. The molecule has 1 saturated heterocycles. The molecule has 3 rings (SSSR count). The number of nitrogens with two attached hydrogens (primary N) is 1. The second-order valence-corrected chi connectivity index (χ2v) is 7.81. The molecule has 1 aliphatic rings. The highest BCUT2D eigenvalue weighted by molar-refractivity contribution is 7.21. The van der Waals surface area contributed by atoms with Gasteiger partial charge < -0.3 is 10.6 Å². The van der Waals surface area contributed by atoms with Crippen LogP contribution in [0.3, 0.4) is 0 Å². The van der Waals surface area contributed by atoms with Gasteiger partial charge in [0.25, 0.3) is 5.91 Å². The van der Waals surface area contributed by atoms with Crippen molar-refractivity contribution < 1.29 is 4.79 Å². The minimum absolute atomic E-state index is 0.0694. The summed E-state index contributed by atoms with van der Waals surface area (Å²) >= 11 is 1.44. The van der Waals surface area contributed by atoms with Gasteiger partial charge in [-0.25, -0.2) is 4.98 Å². The van der Waals surface area contributed by atoms with E-state index in [1.54, 1.807) is 0 Å². The first kappa shape index (κ1) is 16.2. The lowest BCUT2D eigenvalue weighted by Crippen LogP contribution is -2.47. The highest BCUT2D eigenvalue weighted by Crippen LogP contribution is 2.38. The van der Waals surface area contributed by atoms with E-state index in [0.29, 0.717) is 10.6 Å². The van der Waals surface area contributed by atoms with E-state index in [0.717, 1.165) is 39.9 Å². The molecule has 2 aromatic heterocycles. The van der Waals surface area contributed by atoms with Crippen LogP contribution in [0, 0.1) is 20.8 Å². The number of nitrogen functional groups attached to an aromatic ring is 1. The number of fused-ring (bicyclic) bond motifs is 1. The lowest BCUT2D eigenvalue weighted by atomic mass is 9.97. The van der Waals surface area contributed by atoms with Crippen molar-refractivity contribution in [3.05, 3.63) is 21.7 Å². The fraction of sp³-hybridized carbons (Fsp3) is 0.556. The lowest BCUT2D eigenvalue weighted by molar-refractivity contribution is 0.0517. The van der Waals surface area contributed by atoms with Crippen molar-refractivity contribution >= 4 is 33.1 Å². The average Bonchev–Trinajstić information content (AvgIpc) is 2.81. The largest absolute Gasteiger partial charge is 0.397 e. The second-order valence-electron chi connectivity index (χ2n) is 6.81. The predicted octanol–water partition coefficient (Wildman–Crippen LogP) is 4.21. The first-order valence-corrected chi connectivity index (χ1v) is 9.13. The Morgan fingerprint density at radius 2 is 1.78 bits per heavy atom. The number of anilines is 1. The molecule has 124 valence electrons. The van der Waals surface area contributed by atoms with Crippen molar-refractivity contribution in [1.82, 2.24) is 9.88 Å². The van der Waals surface area contributed by atoms with Gasteiger partial charge in [-0.3, -0.25) is 4.79 Å². The van der Waals surface area contributed by atoms with Crippen molar-refractivity contribution in [2.75, 3.05) is 5.73 Å². The van der Waals surface area contributed by atoms with Crippen molar-refractivity contribution in [2.45, 2.75) is 66.0 Å². The molecule has 2 N–H and O–H groups in total. The molecule has 2 aromatic rings. The van der Waals surface area contributed by atoms with Crippen LogP contribution < -0.4 is 5.73 Å². The predicted molar refractivity (Wildman–Crippen MR) is 97.2 cm³/mol. The van der Waals surface area contributed by atoms with E-state index >= 15 is 0 Å². The summed E-state index contributed by atoms with van der Waals surface area (Å²) in [7, 11) is 0. The Kier molecular flexibility index (Phi) is 4.08. The first-order valence-electron chi connectivity index (χ1n) is 8.31. The van der Waals surface area contributed by atoms with Crippen LogP contribution >= 0.6 is 11.3 Å². The molecule has 5 heteroatoms. The number of aryl methyl sites for hydroxylation is 2. The van der Waals surface area contributed by atoms with Gasteiger partial charge in [0.15, 0.2) is 0 Å². The van der Waals surface area contributed by atoms with Gasteiger partial charge in [0.2, 0.25) is 0 Å². The Morgan fingerprint density at radius 3 is 2.39 bits per heavy atom. The van der Waals surface area contributed by atoms with Crippen LogP contribution in [0.25, 0.3) is 10.2 Å². The zero-order chi connectivity index (χ0) is 16.9. The molecule has 23 heavy (non-hydrogen) atoms. The van der Waals surface area contributed by atoms with Gasteiger partial charge in [-0.05, 0) is 65.0 Å². The number of likely N-dealkylation sites (tertiary alicyclic amines) is 1. The Balaban J connectivity index is 2.11. The van der Waals surface area contributed by atoms with Crippen molar-refractivity contribution in [3.63, 3.8) is 0 Å². The fourth-order valence-corrected chi connectivity index (χ4v) is 4.81. The van der Waals surface area contributed by atoms with Crippen LogP contribution in [0.4, 0.5) is 5.69 Å². The van der Waals surface area contributed by atoms with Gasteiger partial charge in [0.05, 0.1) is 5.69 Å². The van der Waals surface area contributed by atoms with Gasteiger partial charge >= 0.3 is 0 Å². The minimum atomic E-state index is 0.0694. The maximum Gasteiger partial charge on any atom is 0.266 e. The van der Waals surface area contributed by atoms with Crippen LogP contribution in [-0.2, 0) is 0 Å². The standard InChI is InChI=1S/C18H25N3OS/c1-9-7-6-8-10(2)21(9)18(22)16-15(19)14-12(4)11(3)13(5)20-17(14)23-16/h9-10H,6-8,19H2,1-5H3. The highest BCUT2D eigenvalue weighted by atomic mass is 32.1. The molecule has 2 unspecified atom stereocenters. The summed E-state index contributed by atoms with van der Waals surface area (Å²) in [5, 5.41) is 0.957. The second kappa shape index (κ2) is 5.78. The maximum absolute atomic E-state index is 13.1. The molecule has 1 fully saturated rings. The van der Waals surface area contributed by atoms with Crippen LogP contribution in [0.1, 0.15) is 59.6 Å². The molecule has 4 nitrogen and oxygen atoms in total. The molecule has 0 bridgehead atoms. The molecular formula is C18H25N3OS. The number of carbonyl (C=O) groups is 1. The van der Waals surface area contributed by atoms with Crippen LogP contribution in [0.15, 0.2) is 0 Å². The zero-order valence-electron chi connectivity index (χ0n) is 14.6. The third-order valence-corrected chi connectivity index (χ3v) is 6.39. The average molecular weight is 331 g/mol. The van der Waals surface area contributed by atoms with E-state index < -0.39 is 0 Å². The molecule has 2 atom stereocenters. The monoisotopic (exact) mass is 331 g/mol. The molecule has 3 heterocycles. The fourth-order valence-electron chi connectivity index (χ4n) is 3.67. The highest BCUT2D eigenvalue weighted by Gasteiger charge is 2.32. The molecule has 0 spiro atoms. The molecule has 0 radical (unpaired) electrons. The van der Waals surface area contributed by atoms with Gasteiger partial charge in [-0.2, -0.15) is 0 Å². The smallest absolute Gasteiger partial charge is 0.266 e. The summed E-state index contributed by atoms with van der Waals surface area (Å²) in [6.07, 6.45) is 3.32. The zero-order valence-corrected chi connectivity index (χ0v) is 15.4. The number of piperidine rings is 1. The van der Waals surface area contributed by atoms with E-state index in [4.69, 9.17) is 5.73 Å². The number of rotatable bonds is 1. The third kappa shape index (κ3) is 2.51. The normalized spacial score (nSPS) is 21.9. The number of hydrogen-bond acceptors (Lipinski definition) is 4. The van der Waals surface area contributed by atoms with E-state index in [9.17, 15) is 4.79 Å². The number of nitrogens with zero attached hydrogens (tertiary/aromatic N) is 2. The van der Waals surface area contributed by atoms with Crippen molar-refractivity contribution in [3.8, 4) is 0 Å². The van der Waals surface area contributed by atoms with Crippen LogP contribution in [-0.4, -0.2) is 27.9 Å². The van der Waals surface area contributed by atoms with E-state index in [2.05, 4.69) is 32.7 Å². The number of carbonyl (C=O) groups excluding carboxylic acids is 1. The Bertz CT molecular complexity index is 770. The first-order chi connectivity index (χ1) is 10.8. The van der Waals surface area contributed by atoms with Crippen LogP contribution in [0.5, 0.6) is 0 Å². The molecule has 0 aliphatic carbocycles. The van der Waals surface area contributed by atoms with E-state index in [-0.39, 0.29) is 18.0 Å².